The number of anilines is 1. The van der Waals surface area contributed by atoms with E-state index in [0.717, 1.165) is 33.5 Å². The lowest BCUT2D eigenvalue weighted by atomic mass is 10.1. The van der Waals surface area contributed by atoms with Crippen LogP contribution in [0.3, 0.4) is 0 Å². The summed E-state index contributed by atoms with van der Waals surface area (Å²) in [5, 5.41) is 10.6. The number of thiazole rings is 1. The van der Waals surface area contributed by atoms with E-state index in [0.29, 0.717) is 6.42 Å². The zero-order valence-electron chi connectivity index (χ0n) is 14.2. The Labute approximate surface area is 146 Å². The topological polar surface area (TPSA) is 54.2 Å². The van der Waals surface area contributed by atoms with Crippen molar-refractivity contribution in [3.8, 4) is 21.8 Å². The molecule has 1 N–H and O–H groups in total. The molecule has 0 aliphatic rings. The molecule has 1 aromatic carbocycles. The number of aliphatic hydroxyl groups is 1. The second kappa shape index (κ2) is 7.15. The van der Waals surface area contributed by atoms with Crippen LogP contribution in [0.4, 0.5) is 5.13 Å². The van der Waals surface area contributed by atoms with Crippen LogP contribution in [-0.4, -0.2) is 39.8 Å². The van der Waals surface area contributed by atoms with Crippen molar-refractivity contribution in [1.82, 2.24) is 14.5 Å². The van der Waals surface area contributed by atoms with E-state index in [2.05, 4.69) is 26.7 Å². The van der Waals surface area contributed by atoms with Gasteiger partial charge in [0.05, 0.1) is 28.7 Å². The summed E-state index contributed by atoms with van der Waals surface area (Å²) in [6.45, 7) is 2.54. The number of hydrogen-bond donors (Lipinski definition) is 1. The third kappa shape index (κ3) is 3.49. The number of aryl methyl sites for hydroxylation is 1. The molecule has 1 unspecified atom stereocenters. The van der Waals surface area contributed by atoms with E-state index in [1.807, 2.05) is 56.6 Å². The molecule has 6 heteroatoms. The maximum Gasteiger partial charge on any atom is 0.185 e. The van der Waals surface area contributed by atoms with Crippen molar-refractivity contribution in [3.05, 3.63) is 42.9 Å². The predicted octanol–water partition coefficient (Wildman–Crippen LogP) is 3.51. The van der Waals surface area contributed by atoms with Crippen molar-refractivity contribution < 1.29 is 5.11 Å². The molecule has 2 aromatic heterocycles. The van der Waals surface area contributed by atoms with Crippen LogP contribution in [-0.2, 0) is 6.54 Å². The summed E-state index contributed by atoms with van der Waals surface area (Å²) in [5.74, 6) is 0. The lowest BCUT2D eigenvalue weighted by molar-refractivity contribution is 0.178. The van der Waals surface area contributed by atoms with Crippen molar-refractivity contribution >= 4 is 16.5 Å². The molecule has 24 heavy (non-hydrogen) atoms. The second-order valence-corrected chi connectivity index (χ2v) is 7.05. The Bertz CT molecular complexity index is 792. The number of imidazole rings is 1. The molecular weight excluding hydrogens is 320 g/mol. The van der Waals surface area contributed by atoms with Gasteiger partial charge >= 0.3 is 0 Å². The molecule has 0 bridgehead atoms. The third-order valence-electron chi connectivity index (χ3n) is 3.78. The SMILES string of the molecule is CC(O)CCn1cnc(-c2ccccc2)c1-c1cnc(N(C)C)s1. The molecule has 0 fully saturated rings. The van der Waals surface area contributed by atoms with Crippen molar-refractivity contribution in [2.24, 2.45) is 0 Å². The Hall–Kier alpha value is -2.18. The van der Waals surface area contributed by atoms with E-state index in [4.69, 9.17) is 0 Å². The summed E-state index contributed by atoms with van der Waals surface area (Å²) < 4.78 is 2.11. The Morgan fingerprint density at radius 2 is 1.96 bits per heavy atom. The first-order valence-electron chi connectivity index (χ1n) is 7.98. The Morgan fingerprint density at radius 3 is 2.58 bits per heavy atom. The summed E-state index contributed by atoms with van der Waals surface area (Å²) in [5.41, 5.74) is 3.10. The van der Waals surface area contributed by atoms with Crippen LogP contribution in [0.25, 0.3) is 21.8 Å². The zero-order valence-corrected chi connectivity index (χ0v) is 15.0. The minimum atomic E-state index is -0.334. The molecule has 0 aliphatic heterocycles. The summed E-state index contributed by atoms with van der Waals surface area (Å²) in [6, 6.07) is 10.2. The molecule has 1 atom stereocenters. The molecular formula is C18H22N4OS. The molecule has 0 spiro atoms. The maximum absolute atomic E-state index is 9.63. The van der Waals surface area contributed by atoms with Gasteiger partial charge in [-0.15, -0.1) is 0 Å². The van der Waals surface area contributed by atoms with Crippen molar-refractivity contribution in [3.63, 3.8) is 0 Å². The summed E-state index contributed by atoms with van der Waals surface area (Å²) in [4.78, 5) is 12.2. The first kappa shape index (κ1) is 16.7. The largest absolute Gasteiger partial charge is 0.393 e. The van der Waals surface area contributed by atoms with Crippen molar-refractivity contribution in [2.75, 3.05) is 19.0 Å². The van der Waals surface area contributed by atoms with Crippen molar-refractivity contribution in [2.45, 2.75) is 26.0 Å². The molecule has 5 nitrogen and oxygen atoms in total. The van der Waals surface area contributed by atoms with Crippen molar-refractivity contribution in [1.29, 1.82) is 0 Å². The highest BCUT2D eigenvalue weighted by atomic mass is 32.1. The van der Waals surface area contributed by atoms with Gasteiger partial charge in [0.15, 0.2) is 5.13 Å². The molecule has 0 aliphatic carbocycles. The van der Waals surface area contributed by atoms with Crippen LogP contribution in [0, 0.1) is 0 Å². The van der Waals surface area contributed by atoms with Gasteiger partial charge in [-0.1, -0.05) is 41.7 Å². The van der Waals surface area contributed by atoms with Gasteiger partial charge in [-0.25, -0.2) is 9.97 Å². The minimum Gasteiger partial charge on any atom is -0.393 e. The fraction of sp³-hybridized carbons (Fsp3) is 0.333. The van der Waals surface area contributed by atoms with E-state index in [1.165, 1.54) is 0 Å². The highest BCUT2D eigenvalue weighted by Crippen LogP contribution is 2.36. The van der Waals surface area contributed by atoms with Crippen LogP contribution in [0.1, 0.15) is 13.3 Å². The van der Waals surface area contributed by atoms with Crippen LogP contribution >= 0.6 is 11.3 Å². The van der Waals surface area contributed by atoms with Crippen LogP contribution in [0.15, 0.2) is 42.9 Å². The Balaban J connectivity index is 2.06. The van der Waals surface area contributed by atoms with Gasteiger partial charge in [-0.2, -0.15) is 0 Å². The number of hydrogen-bond acceptors (Lipinski definition) is 5. The summed E-state index contributed by atoms with van der Waals surface area (Å²) in [6.07, 6.45) is 4.12. The average molecular weight is 342 g/mol. The number of aliphatic hydroxyl groups excluding tert-OH is 1. The minimum absolute atomic E-state index is 0.334. The molecule has 126 valence electrons. The highest BCUT2D eigenvalue weighted by Gasteiger charge is 2.18. The third-order valence-corrected chi connectivity index (χ3v) is 4.95. The smallest absolute Gasteiger partial charge is 0.185 e. The molecule has 0 amide bonds. The average Bonchev–Trinajstić information content (AvgIpc) is 3.20. The number of benzene rings is 1. The van der Waals surface area contributed by atoms with Gasteiger partial charge in [-0.3, -0.25) is 0 Å². The van der Waals surface area contributed by atoms with Gasteiger partial charge in [0.1, 0.15) is 0 Å². The standard InChI is InChI=1S/C18H22N4OS/c1-13(23)9-10-22-12-20-16(14-7-5-4-6-8-14)17(22)15-11-19-18(24-15)21(2)3/h4-8,11-13,23H,9-10H2,1-3H3. The Kier molecular flexibility index (Phi) is 4.97. The molecule has 3 aromatic rings. The van der Waals surface area contributed by atoms with Gasteiger partial charge < -0.3 is 14.6 Å². The van der Waals surface area contributed by atoms with Crippen LogP contribution in [0.2, 0.25) is 0 Å². The Morgan fingerprint density at radius 1 is 1.21 bits per heavy atom. The lowest BCUT2D eigenvalue weighted by Gasteiger charge is -2.10. The van der Waals surface area contributed by atoms with Crippen LogP contribution in [0.5, 0.6) is 0 Å². The maximum atomic E-state index is 9.63. The normalized spacial score (nSPS) is 12.3. The molecule has 0 saturated heterocycles. The summed E-state index contributed by atoms with van der Waals surface area (Å²) >= 11 is 1.65. The van der Waals surface area contributed by atoms with Crippen LogP contribution < -0.4 is 4.90 Å². The monoisotopic (exact) mass is 342 g/mol. The molecule has 3 rings (SSSR count). The first-order chi connectivity index (χ1) is 11.6. The first-order valence-corrected chi connectivity index (χ1v) is 8.80. The lowest BCUT2D eigenvalue weighted by Crippen LogP contribution is -2.07. The zero-order chi connectivity index (χ0) is 17.1. The van der Waals surface area contributed by atoms with Gasteiger partial charge in [0, 0.05) is 32.4 Å². The van der Waals surface area contributed by atoms with Gasteiger partial charge in [-0.05, 0) is 13.3 Å². The molecule has 2 heterocycles. The number of aromatic nitrogens is 3. The fourth-order valence-electron chi connectivity index (χ4n) is 2.52. The summed E-state index contributed by atoms with van der Waals surface area (Å²) in [7, 11) is 3.98. The van der Waals surface area contributed by atoms with E-state index < -0.39 is 0 Å². The van der Waals surface area contributed by atoms with E-state index >= 15 is 0 Å². The molecule has 0 radical (unpaired) electrons. The predicted molar refractivity (Wildman–Crippen MR) is 99.4 cm³/mol. The van der Waals surface area contributed by atoms with E-state index in [1.54, 1.807) is 11.3 Å². The van der Waals surface area contributed by atoms with E-state index in [-0.39, 0.29) is 6.10 Å². The highest BCUT2D eigenvalue weighted by molar-refractivity contribution is 7.18. The van der Waals surface area contributed by atoms with Gasteiger partial charge in [0.25, 0.3) is 0 Å². The fourth-order valence-corrected chi connectivity index (χ4v) is 3.43. The second-order valence-electron chi connectivity index (χ2n) is 6.04. The number of rotatable bonds is 6. The number of nitrogens with zero attached hydrogens (tertiary/aromatic N) is 4. The van der Waals surface area contributed by atoms with E-state index in [9.17, 15) is 5.11 Å². The quantitative estimate of drug-likeness (QED) is 0.745. The van der Waals surface area contributed by atoms with Gasteiger partial charge in [0.2, 0.25) is 0 Å². The molecule has 0 saturated carbocycles.